The number of aryl methyl sites for hydroxylation is 3. The first kappa shape index (κ1) is 11.7. The van der Waals surface area contributed by atoms with Gasteiger partial charge in [-0.05, 0) is 56.5 Å². The van der Waals surface area contributed by atoms with Crippen molar-refractivity contribution in [3.8, 4) is 0 Å². The third-order valence-electron chi connectivity index (χ3n) is 4.18. The van der Waals surface area contributed by atoms with Gasteiger partial charge in [0.15, 0.2) is 0 Å². The molecule has 1 N–H and O–H groups in total. The van der Waals surface area contributed by atoms with E-state index in [1.165, 1.54) is 35.3 Å². The fourth-order valence-electron chi connectivity index (χ4n) is 2.83. The number of fused-ring (bicyclic) bond motifs is 1. The Kier molecular flexibility index (Phi) is 2.86. The summed E-state index contributed by atoms with van der Waals surface area (Å²) in [7, 11) is 2.13. The van der Waals surface area contributed by atoms with Gasteiger partial charge in [0.2, 0.25) is 0 Å². The molecule has 2 heterocycles. The number of aromatic nitrogens is 2. The Hall–Kier alpha value is -1.35. The number of nitrogens with one attached hydrogen (secondary N) is 1. The zero-order valence-corrected chi connectivity index (χ0v) is 11.5. The maximum atomic E-state index is 4.80. The molecule has 18 heavy (non-hydrogen) atoms. The normalized spacial score (nSPS) is 19.8. The Morgan fingerprint density at radius 3 is 2.83 bits per heavy atom. The van der Waals surface area contributed by atoms with Crippen LogP contribution in [0.15, 0.2) is 12.1 Å². The number of nitrogens with zero attached hydrogens (tertiary/aromatic N) is 2. The van der Waals surface area contributed by atoms with Gasteiger partial charge in [-0.3, -0.25) is 0 Å². The lowest BCUT2D eigenvalue weighted by Crippen LogP contribution is -2.25. The molecule has 1 aliphatic rings. The molecule has 0 bridgehead atoms. The van der Waals surface area contributed by atoms with Crippen LogP contribution >= 0.6 is 0 Å². The number of rotatable bonds is 2. The molecule has 3 nitrogen and oxygen atoms in total. The molecule has 0 amide bonds. The first-order valence-electron chi connectivity index (χ1n) is 6.81. The summed E-state index contributed by atoms with van der Waals surface area (Å²) < 4.78 is 2.25. The minimum absolute atomic E-state index is 0.614. The first-order valence-corrected chi connectivity index (χ1v) is 6.81. The number of hydrogen-bond donors (Lipinski definition) is 1. The molecule has 0 saturated carbocycles. The average molecular weight is 243 g/mol. The van der Waals surface area contributed by atoms with E-state index in [2.05, 4.69) is 42.9 Å². The third kappa shape index (κ3) is 1.93. The Morgan fingerprint density at radius 2 is 2.11 bits per heavy atom. The molecular weight excluding hydrogens is 222 g/mol. The van der Waals surface area contributed by atoms with Crippen LogP contribution in [-0.4, -0.2) is 22.1 Å². The van der Waals surface area contributed by atoms with E-state index in [1.54, 1.807) is 0 Å². The highest BCUT2D eigenvalue weighted by Gasteiger charge is 2.18. The molecule has 1 atom stereocenters. The Labute approximate surface area is 108 Å². The fraction of sp³-hybridized carbons (Fsp3) is 0.533. The van der Waals surface area contributed by atoms with Crippen LogP contribution in [0.3, 0.4) is 0 Å². The van der Waals surface area contributed by atoms with Crippen LogP contribution in [0.1, 0.15) is 29.8 Å². The highest BCUT2D eigenvalue weighted by Crippen LogP contribution is 2.21. The Bertz CT molecular complexity index is 577. The van der Waals surface area contributed by atoms with Gasteiger partial charge in [-0.2, -0.15) is 0 Å². The van der Waals surface area contributed by atoms with Gasteiger partial charge in [-0.15, -0.1) is 0 Å². The topological polar surface area (TPSA) is 29.9 Å². The molecule has 1 aliphatic heterocycles. The van der Waals surface area contributed by atoms with Crippen LogP contribution in [0.2, 0.25) is 0 Å². The van der Waals surface area contributed by atoms with E-state index in [1.807, 2.05) is 0 Å². The van der Waals surface area contributed by atoms with Gasteiger partial charge < -0.3 is 9.88 Å². The Balaban J connectivity index is 1.99. The zero-order chi connectivity index (χ0) is 12.7. The maximum Gasteiger partial charge on any atom is 0.111 e. The van der Waals surface area contributed by atoms with Crippen molar-refractivity contribution >= 4 is 11.0 Å². The van der Waals surface area contributed by atoms with E-state index in [9.17, 15) is 0 Å². The first-order chi connectivity index (χ1) is 8.65. The van der Waals surface area contributed by atoms with E-state index in [0.29, 0.717) is 6.04 Å². The minimum atomic E-state index is 0.614. The summed E-state index contributed by atoms with van der Waals surface area (Å²) in [5, 5.41) is 3.55. The van der Waals surface area contributed by atoms with Gasteiger partial charge in [-0.25, -0.2) is 4.98 Å². The molecule has 0 spiro atoms. The quantitative estimate of drug-likeness (QED) is 0.878. The number of hydrogen-bond acceptors (Lipinski definition) is 2. The molecule has 1 fully saturated rings. The van der Waals surface area contributed by atoms with Crippen molar-refractivity contribution in [1.82, 2.24) is 14.9 Å². The van der Waals surface area contributed by atoms with E-state index in [4.69, 9.17) is 4.98 Å². The SMILES string of the molecule is Cc1cc2nc(CC3CCCN3)n(C)c2cc1C. The smallest absolute Gasteiger partial charge is 0.111 e. The van der Waals surface area contributed by atoms with Crippen molar-refractivity contribution in [2.75, 3.05) is 6.54 Å². The molecule has 3 rings (SSSR count). The van der Waals surface area contributed by atoms with Gasteiger partial charge in [0.05, 0.1) is 11.0 Å². The summed E-state index contributed by atoms with van der Waals surface area (Å²) in [5.74, 6) is 1.20. The van der Waals surface area contributed by atoms with Crippen LogP contribution in [0, 0.1) is 13.8 Å². The second-order valence-corrected chi connectivity index (χ2v) is 5.51. The lowest BCUT2D eigenvalue weighted by molar-refractivity contribution is 0.575. The summed E-state index contributed by atoms with van der Waals surface area (Å²) >= 11 is 0. The van der Waals surface area contributed by atoms with Gasteiger partial charge in [0.25, 0.3) is 0 Å². The highest BCUT2D eigenvalue weighted by atomic mass is 15.1. The summed E-state index contributed by atoms with van der Waals surface area (Å²) in [4.78, 5) is 4.80. The average Bonchev–Trinajstić information content (AvgIpc) is 2.93. The van der Waals surface area contributed by atoms with Crippen LogP contribution < -0.4 is 5.32 Å². The van der Waals surface area contributed by atoms with Crippen molar-refractivity contribution < 1.29 is 0 Å². The van der Waals surface area contributed by atoms with Gasteiger partial charge >= 0.3 is 0 Å². The molecular formula is C15H21N3. The predicted molar refractivity (Wildman–Crippen MR) is 74.9 cm³/mol. The monoisotopic (exact) mass is 243 g/mol. The van der Waals surface area contributed by atoms with Crippen molar-refractivity contribution in [3.63, 3.8) is 0 Å². The third-order valence-corrected chi connectivity index (χ3v) is 4.18. The summed E-state index contributed by atoms with van der Waals surface area (Å²) in [6.45, 7) is 5.48. The van der Waals surface area contributed by atoms with Crippen molar-refractivity contribution in [2.45, 2.75) is 39.2 Å². The largest absolute Gasteiger partial charge is 0.331 e. The minimum Gasteiger partial charge on any atom is -0.331 e. The summed E-state index contributed by atoms with van der Waals surface area (Å²) in [6.07, 6.45) is 3.62. The molecule has 1 aromatic heterocycles. The van der Waals surface area contributed by atoms with Gasteiger partial charge in [-0.1, -0.05) is 0 Å². The molecule has 1 aromatic carbocycles. The van der Waals surface area contributed by atoms with Crippen molar-refractivity contribution in [1.29, 1.82) is 0 Å². The highest BCUT2D eigenvalue weighted by molar-refractivity contribution is 5.78. The van der Waals surface area contributed by atoms with Crippen LogP contribution in [0.5, 0.6) is 0 Å². The Morgan fingerprint density at radius 1 is 1.33 bits per heavy atom. The van der Waals surface area contributed by atoms with Crippen molar-refractivity contribution in [2.24, 2.45) is 7.05 Å². The van der Waals surface area contributed by atoms with E-state index in [0.717, 1.165) is 18.5 Å². The number of benzene rings is 1. The van der Waals surface area contributed by atoms with E-state index >= 15 is 0 Å². The molecule has 1 unspecified atom stereocenters. The van der Waals surface area contributed by atoms with E-state index in [-0.39, 0.29) is 0 Å². The molecule has 0 radical (unpaired) electrons. The van der Waals surface area contributed by atoms with E-state index < -0.39 is 0 Å². The predicted octanol–water partition coefficient (Wildman–Crippen LogP) is 2.48. The number of imidazole rings is 1. The molecule has 0 aliphatic carbocycles. The molecule has 1 saturated heterocycles. The van der Waals surface area contributed by atoms with Gasteiger partial charge in [0, 0.05) is 19.5 Å². The fourth-order valence-corrected chi connectivity index (χ4v) is 2.83. The zero-order valence-electron chi connectivity index (χ0n) is 11.5. The van der Waals surface area contributed by atoms with Crippen LogP contribution in [-0.2, 0) is 13.5 Å². The lowest BCUT2D eigenvalue weighted by atomic mass is 10.1. The van der Waals surface area contributed by atoms with Crippen molar-refractivity contribution in [3.05, 3.63) is 29.1 Å². The molecule has 3 heteroatoms. The maximum absolute atomic E-state index is 4.80. The molecule has 2 aromatic rings. The second kappa shape index (κ2) is 4.39. The summed E-state index contributed by atoms with van der Waals surface area (Å²) in [5.41, 5.74) is 5.06. The molecule has 96 valence electrons. The standard InChI is InChI=1S/C15H21N3/c1-10-7-13-14(8-11(10)2)18(3)15(17-13)9-12-5-4-6-16-12/h7-8,12,16H,4-6,9H2,1-3H3. The lowest BCUT2D eigenvalue weighted by Gasteiger charge is -2.09. The summed E-state index contributed by atoms with van der Waals surface area (Å²) in [6, 6.07) is 5.07. The van der Waals surface area contributed by atoms with Crippen LogP contribution in [0.4, 0.5) is 0 Å². The van der Waals surface area contributed by atoms with Gasteiger partial charge in [0.1, 0.15) is 5.82 Å². The second-order valence-electron chi connectivity index (χ2n) is 5.51. The van der Waals surface area contributed by atoms with Crippen LogP contribution in [0.25, 0.3) is 11.0 Å².